The summed E-state index contributed by atoms with van der Waals surface area (Å²) in [5.41, 5.74) is 3.62. The second-order valence-electron chi connectivity index (χ2n) is 7.85. The topological polar surface area (TPSA) is 68.3 Å². The van der Waals surface area contributed by atoms with Crippen LogP contribution in [0.1, 0.15) is 58.4 Å². The molecule has 0 radical (unpaired) electrons. The van der Waals surface area contributed by atoms with Crippen LogP contribution in [0.3, 0.4) is 0 Å². The number of hydrogen-bond donors (Lipinski definition) is 1. The van der Waals surface area contributed by atoms with E-state index in [2.05, 4.69) is 24.1 Å². The van der Waals surface area contributed by atoms with E-state index in [1.165, 1.54) is 0 Å². The van der Waals surface area contributed by atoms with E-state index in [4.69, 9.17) is 4.74 Å². The van der Waals surface area contributed by atoms with Gasteiger partial charge in [-0.25, -0.2) is 4.79 Å². The molecule has 5 nitrogen and oxygen atoms in total. The number of allylic oxidation sites excluding steroid dienone is 3. The maximum Gasteiger partial charge on any atom is 0.336 e. The molecule has 0 amide bonds. The zero-order valence-corrected chi connectivity index (χ0v) is 15.9. The van der Waals surface area contributed by atoms with Gasteiger partial charge in [-0.15, -0.1) is 0 Å². The highest BCUT2D eigenvalue weighted by Crippen LogP contribution is 2.46. The number of hydrogen-bond acceptors (Lipinski definition) is 5. The molecule has 0 spiro atoms. The van der Waals surface area contributed by atoms with Crippen LogP contribution in [0.25, 0.3) is 0 Å². The van der Waals surface area contributed by atoms with E-state index in [1.807, 2.05) is 26.0 Å². The van der Waals surface area contributed by atoms with E-state index in [1.54, 1.807) is 12.4 Å². The van der Waals surface area contributed by atoms with Crippen molar-refractivity contribution in [2.24, 2.45) is 5.41 Å². The zero-order chi connectivity index (χ0) is 18.9. The van der Waals surface area contributed by atoms with E-state index < -0.39 is 5.92 Å². The third kappa shape index (κ3) is 3.43. The first-order valence-corrected chi connectivity index (χ1v) is 9.15. The summed E-state index contributed by atoms with van der Waals surface area (Å²) in [4.78, 5) is 30.0. The van der Waals surface area contributed by atoms with Crippen LogP contribution in [0, 0.1) is 5.41 Å². The number of ether oxygens (including phenoxy) is 1. The first kappa shape index (κ1) is 18.4. The van der Waals surface area contributed by atoms with E-state index >= 15 is 0 Å². The second kappa shape index (κ2) is 7.06. The van der Waals surface area contributed by atoms with Gasteiger partial charge < -0.3 is 10.1 Å². The van der Waals surface area contributed by atoms with E-state index in [0.717, 1.165) is 29.8 Å². The van der Waals surface area contributed by atoms with E-state index in [9.17, 15) is 9.59 Å². The normalized spacial score (nSPS) is 22.0. The molecule has 1 N–H and O–H groups in total. The lowest BCUT2D eigenvalue weighted by atomic mass is 9.69. The Bertz CT molecular complexity index is 791. The molecule has 1 aliphatic carbocycles. The number of dihydropyridines is 1. The molecule has 0 unspecified atom stereocenters. The molecule has 2 aliphatic rings. The molecule has 0 saturated heterocycles. The summed E-state index contributed by atoms with van der Waals surface area (Å²) in [5, 5.41) is 3.33. The zero-order valence-electron chi connectivity index (χ0n) is 15.9. The molecule has 2 heterocycles. The van der Waals surface area contributed by atoms with Crippen LogP contribution >= 0.6 is 0 Å². The predicted octanol–water partition coefficient (Wildman–Crippen LogP) is 3.64. The molecule has 5 heteroatoms. The van der Waals surface area contributed by atoms with Crippen molar-refractivity contribution in [2.45, 2.75) is 52.9 Å². The van der Waals surface area contributed by atoms with E-state index in [-0.39, 0.29) is 17.2 Å². The Balaban J connectivity index is 2.11. The van der Waals surface area contributed by atoms with Gasteiger partial charge in [0, 0.05) is 41.7 Å². The number of carbonyl (C=O) groups excluding carboxylic acids is 2. The fraction of sp³-hybridized carbons (Fsp3) is 0.476. The van der Waals surface area contributed by atoms with Crippen molar-refractivity contribution in [1.29, 1.82) is 0 Å². The Kier molecular flexibility index (Phi) is 4.99. The molecule has 0 fully saturated rings. The monoisotopic (exact) mass is 354 g/mol. The Hall–Kier alpha value is -2.43. The smallest absolute Gasteiger partial charge is 0.336 e. The average Bonchev–Trinajstić information content (AvgIpc) is 2.58. The van der Waals surface area contributed by atoms with Crippen molar-refractivity contribution in [3.63, 3.8) is 0 Å². The van der Waals surface area contributed by atoms with Gasteiger partial charge in [0.1, 0.15) is 0 Å². The Morgan fingerprint density at radius 1 is 1.38 bits per heavy atom. The number of rotatable bonds is 4. The van der Waals surface area contributed by atoms with Crippen LogP contribution in [0.15, 0.2) is 47.1 Å². The summed E-state index contributed by atoms with van der Waals surface area (Å²) < 4.78 is 5.42. The number of esters is 1. The number of Topliss-reactive ketones (excluding diaryl/α,β-unsaturated/α-hetero) is 1. The molecule has 3 rings (SSSR count). The number of nitrogens with zero attached hydrogens (tertiary/aromatic N) is 1. The van der Waals surface area contributed by atoms with Crippen LogP contribution < -0.4 is 5.32 Å². The summed E-state index contributed by atoms with van der Waals surface area (Å²) in [6.45, 7) is 8.39. The fourth-order valence-electron chi connectivity index (χ4n) is 3.86. The van der Waals surface area contributed by atoms with Gasteiger partial charge in [-0.3, -0.25) is 9.78 Å². The Labute approximate surface area is 154 Å². The Morgan fingerprint density at radius 3 is 2.81 bits per heavy atom. The van der Waals surface area contributed by atoms with Gasteiger partial charge >= 0.3 is 5.97 Å². The van der Waals surface area contributed by atoms with Crippen molar-refractivity contribution in [2.75, 3.05) is 6.61 Å². The minimum Gasteiger partial charge on any atom is -0.462 e. The molecule has 1 atom stereocenters. The van der Waals surface area contributed by atoms with Crippen LogP contribution in [0.4, 0.5) is 0 Å². The summed E-state index contributed by atoms with van der Waals surface area (Å²) in [6.07, 6.45) is 5.43. The maximum absolute atomic E-state index is 13.0. The van der Waals surface area contributed by atoms with Gasteiger partial charge in [0.25, 0.3) is 0 Å². The van der Waals surface area contributed by atoms with E-state index in [0.29, 0.717) is 24.2 Å². The van der Waals surface area contributed by atoms with Crippen LogP contribution in [-0.2, 0) is 14.3 Å². The second-order valence-corrected chi connectivity index (χ2v) is 7.85. The molecule has 1 aromatic heterocycles. The van der Waals surface area contributed by atoms with Gasteiger partial charge in [0.05, 0.1) is 12.2 Å². The number of aromatic nitrogens is 1. The van der Waals surface area contributed by atoms with Gasteiger partial charge in [0.2, 0.25) is 0 Å². The Morgan fingerprint density at radius 2 is 2.15 bits per heavy atom. The molecule has 138 valence electrons. The van der Waals surface area contributed by atoms with Gasteiger partial charge in [0.15, 0.2) is 5.78 Å². The number of nitrogens with one attached hydrogen (secondary N) is 1. The molecule has 0 saturated carbocycles. The van der Waals surface area contributed by atoms with Crippen molar-refractivity contribution in [3.05, 3.63) is 52.6 Å². The summed E-state index contributed by atoms with van der Waals surface area (Å²) >= 11 is 0. The first-order chi connectivity index (χ1) is 12.3. The standard InChI is InChI=1S/C21H26N2O3/c1-5-9-26-20(25)17-13(2)23-15-10-21(3,4)11-16(24)19(15)18(17)14-7-6-8-22-12-14/h6-8,12,18,23H,5,9-11H2,1-4H3/t18-/m0/s1. The largest absolute Gasteiger partial charge is 0.462 e. The maximum atomic E-state index is 13.0. The predicted molar refractivity (Wildman–Crippen MR) is 99.1 cm³/mol. The summed E-state index contributed by atoms with van der Waals surface area (Å²) in [7, 11) is 0. The van der Waals surface area contributed by atoms with Crippen molar-refractivity contribution in [1.82, 2.24) is 10.3 Å². The van der Waals surface area contributed by atoms with Crippen LogP contribution in [0.5, 0.6) is 0 Å². The lowest BCUT2D eigenvalue weighted by molar-refractivity contribution is -0.139. The third-order valence-corrected chi connectivity index (χ3v) is 4.91. The number of carbonyl (C=O) groups is 2. The fourth-order valence-corrected chi connectivity index (χ4v) is 3.86. The first-order valence-electron chi connectivity index (χ1n) is 9.15. The molecular weight excluding hydrogens is 328 g/mol. The van der Waals surface area contributed by atoms with Crippen LogP contribution in [-0.4, -0.2) is 23.3 Å². The molecule has 1 aliphatic heterocycles. The van der Waals surface area contributed by atoms with Crippen molar-refractivity contribution < 1.29 is 14.3 Å². The number of pyridine rings is 1. The van der Waals surface area contributed by atoms with Gasteiger partial charge in [-0.1, -0.05) is 26.8 Å². The number of ketones is 1. The van der Waals surface area contributed by atoms with Crippen molar-refractivity contribution in [3.8, 4) is 0 Å². The average molecular weight is 354 g/mol. The van der Waals surface area contributed by atoms with Crippen molar-refractivity contribution >= 4 is 11.8 Å². The highest BCUT2D eigenvalue weighted by Gasteiger charge is 2.43. The minimum atomic E-state index is -0.423. The molecule has 26 heavy (non-hydrogen) atoms. The summed E-state index contributed by atoms with van der Waals surface area (Å²) in [6, 6.07) is 3.75. The van der Waals surface area contributed by atoms with Gasteiger partial charge in [-0.05, 0) is 36.8 Å². The molecule has 0 bridgehead atoms. The molecule has 0 aromatic carbocycles. The van der Waals surface area contributed by atoms with Crippen LogP contribution in [0.2, 0.25) is 0 Å². The highest BCUT2D eigenvalue weighted by molar-refractivity contribution is 6.04. The summed E-state index contributed by atoms with van der Waals surface area (Å²) in [5.74, 6) is -0.700. The SMILES string of the molecule is CCCOC(=O)C1=C(C)NC2=C(C(=O)CC(C)(C)C2)[C@H]1c1cccnc1. The lowest BCUT2D eigenvalue weighted by Crippen LogP contribution is -2.38. The quantitative estimate of drug-likeness (QED) is 0.836. The molecular formula is C21H26N2O3. The lowest BCUT2D eigenvalue weighted by Gasteiger charge is -2.39. The van der Waals surface area contributed by atoms with Gasteiger partial charge in [-0.2, -0.15) is 0 Å². The third-order valence-electron chi connectivity index (χ3n) is 4.91. The minimum absolute atomic E-state index is 0.0888. The molecule has 1 aromatic rings. The highest BCUT2D eigenvalue weighted by atomic mass is 16.5.